The zero-order valence-electron chi connectivity index (χ0n) is 11.1. The Morgan fingerprint density at radius 2 is 2.05 bits per heavy atom. The van der Waals surface area contributed by atoms with Gasteiger partial charge in [0.25, 0.3) is 5.91 Å². The topological polar surface area (TPSA) is 55.4 Å². The Labute approximate surface area is 126 Å². The summed E-state index contributed by atoms with van der Waals surface area (Å²) < 4.78 is 5.94. The number of carbonyl (C=O) groups excluding carboxylic acids is 2. The lowest BCUT2D eigenvalue weighted by atomic mass is 10.2. The summed E-state index contributed by atoms with van der Waals surface area (Å²) in [6, 6.07) is 7.45. The van der Waals surface area contributed by atoms with E-state index < -0.39 is 12.1 Å². The fourth-order valence-corrected chi connectivity index (χ4v) is 1.59. The van der Waals surface area contributed by atoms with Crippen molar-refractivity contribution in [1.29, 1.82) is 0 Å². The van der Waals surface area contributed by atoms with Crippen molar-refractivity contribution in [3.63, 3.8) is 0 Å². The summed E-state index contributed by atoms with van der Waals surface area (Å²) in [6.45, 7) is 5.35. The zero-order chi connectivity index (χ0) is 15.0. The predicted molar refractivity (Wildman–Crippen MR) is 81.9 cm³/mol. The van der Waals surface area contributed by atoms with Gasteiger partial charge in [-0.15, -0.1) is 6.58 Å². The molecule has 0 aliphatic carbocycles. The summed E-state index contributed by atoms with van der Waals surface area (Å²) in [6.07, 6.45) is 3.64. The summed E-state index contributed by atoms with van der Waals surface area (Å²) in [5, 5.41) is 2.55. The van der Waals surface area contributed by atoms with Crippen LogP contribution in [0, 0.1) is 0 Å². The summed E-state index contributed by atoms with van der Waals surface area (Å²) in [4.78, 5) is 23.0. The van der Waals surface area contributed by atoms with Crippen LogP contribution < -0.4 is 5.32 Å². The molecule has 0 saturated carbocycles. The van der Waals surface area contributed by atoms with Gasteiger partial charge in [-0.1, -0.05) is 34.1 Å². The third kappa shape index (κ3) is 5.84. The van der Waals surface area contributed by atoms with Gasteiger partial charge in [-0.3, -0.25) is 4.79 Å². The van der Waals surface area contributed by atoms with Gasteiger partial charge in [-0.25, -0.2) is 4.79 Å². The molecule has 0 heterocycles. The highest BCUT2D eigenvalue weighted by Crippen LogP contribution is 2.11. The molecule has 0 fully saturated rings. The first kappa shape index (κ1) is 16.2. The first-order valence-electron chi connectivity index (χ1n) is 6.06. The molecule has 0 aliphatic heterocycles. The molecule has 106 valence electrons. The highest BCUT2D eigenvalue weighted by Gasteiger charge is 2.15. The highest BCUT2D eigenvalue weighted by molar-refractivity contribution is 9.10. The van der Waals surface area contributed by atoms with E-state index in [1.54, 1.807) is 12.2 Å². The summed E-state index contributed by atoms with van der Waals surface area (Å²) in [7, 11) is 0. The van der Waals surface area contributed by atoms with Crippen molar-refractivity contribution in [1.82, 2.24) is 5.32 Å². The number of carbonyl (C=O) groups is 2. The Bertz CT molecular complexity index is 508. The molecule has 5 heteroatoms. The van der Waals surface area contributed by atoms with E-state index in [0.717, 1.165) is 10.0 Å². The van der Waals surface area contributed by atoms with E-state index in [2.05, 4.69) is 27.8 Å². The monoisotopic (exact) mass is 337 g/mol. The third-order valence-electron chi connectivity index (χ3n) is 2.36. The summed E-state index contributed by atoms with van der Waals surface area (Å²) in [5.74, 6) is -0.913. The molecule has 1 rings (SSSR count). The van der Waals surface area contributed by atoms with Crippen LogP contribution >= 0.6 is 15.9 Å². The average Bonchev–Trinajstić information content (AvgIpc) is 2.44. The molecule has 0 radical (unpaired) electrons. The van der Waals surface area contributed by atoms with E-state index in [9.17, 15) is 9.59 Å². The standard InChI is InChI=1S/C15H16BrNO3/c1-3-10-17-15(19)11(2)20-14(18)9-6-12-4-7-13(16)8-5-12/h3-9,11H,1,10H2,2H3,(H,17,19)/b9-6+. The number of nitrogens with one attached hydrogen (secondary N) is 1. The van der Waals surface area contributed by atoms with Crippen LogP contribution in [-0.2, 0) is 14.3 Å². The number of hydrogen-bond donors (Lipinski definition) is 1. The van der Waals surface area contributed by atoms with Crippen molar-refractivity contribution >= 4 is 33.9 Å². The zero-order valence-corrected chi connectivity index (χ0v) is 12.7. The van der Waals surface area contributed by atoms with E-state index in [4.69, 9.17) is 4.74 Å². The number of amides is 1. The first-order valence-corrected chi connectivity index (χ1v) is 6.85. The maximum Gasteiger partial charge on any atom is 0.331 e. The molecule has 1 N–H and O–H groups in total. The third-order valence-corrected chi connectivity index (χ3v) is 2.89. The number of esters is 1. The van der Waals surface area contributed by atoms with Gasteiger partial charge in [-0.2, -0.15) is 0 Å². The Balaban J connectivity index is 2.48. The molecular weight excluding hydrogens is 322 g/mol. The van der Waals surface area contributed by atoms with Crippen LogP contribution in [0.4, 0.5) is 0 Å². The van der Waals surface area contributed by atoms with Gasteiger partial charge < -0.3 is 10.1 Å². The lowest BCUT2D eigenvalue weighted by Gasteiger charge is -2.10. The minimum atomic E-state index is -0.836. The second-order valence-electron chi connectivity index (χ2n) is 4.00. The molecule has 1 unspecified atom stereocenters. The van der Waals surface area contributed by atoms with E-state index in [1.165, 1.54) is 13.0 Å². The van der Waals surface area contributed by atoms with Gasteiger partial charge in [0, 0.05) is 17.1 Å². The smallest absolute Gasteiger partial charge is 0.331 e. The number of hydrogen-bond acceptors (Lipinski definition) is 3. The Kier molecular flexibility index (Phi) is 6.73. The Morgan fingerprint density at radius 1 is 1.40 bits per heavy atom. The number of ether oxygens (including phenoxy) is 1. The average molecular weight is 338 g/mol. The second-order valence-corrected chi connectivity index (χ2v) is 4.91. The van der Waals surface area contributed by atoms with Crippen LogP contribution in [0.25, 0.3) is 6.08 Å². The van der Waals surface area contributed by atoms with Crippen molar-refractivity contribution in [2.75, 3.05) is 6.54 Å². The van der Waals surface area contributed by atoms with Gasteiger partial charge in [0.2, 0.25) is 0 Å². The molecule has 0 spiro atoms. The maximum atomic E-state index is 11.6. The van der Waals surface area contributed by atoms with Crippen molar-refractivity contribution < 1.29 is 14.3 Å². The van der Waals surface area contributed by atoms with Crippen LogP contribution in [0.3, 0.4) is 0 Å². The molecule has 4 nitrogen and oxygen atoms in total. The molecule has 1 aromatic rings. The van der Waals surface area contributed by atoms with Crippen molar-refractivity contribution in [2.45, 2.75) is 13.0 Å². The van der Waals surface area contributed by atoms with Gasteiger partial charge in [-0.05, 0) is 30.7 Å². The quantitative estimate of drug-likeness (QED) is 0.493. The fraction of sp³-hybridized carbons (Fsp3) is 0.200. The predicted octanol–water partition coefficient (Wildman–Crippen LogP) is 2.70. The minimum absolute atomic E-state index is 0.343. The minimum Gasteiger partial charge on any atom is -0.449 e. The van der Waals surface area contributed by atoms with E-state index >= 15 is 0 Å². The second kappa shape index (κ2) is 8.32. The van der Waals surface area contributed by atoms with Gasteiger partial charge >= 0.3 is 5.97 Å². The number of rotatable bonds is 6. The van der Waals surface area contributed by atoms with Crippen LogP contribution in [0.15, 0.2) is 47.5 Å². The molecule has 0 saturated heterocycles. The van der Waals surface area contributed by atoms with Crippen LogP contribution in [0.5, 0.6) is 0 Å². The molecule has 20 heavy (non-hydrogen) atoms. The number of halogens is 1. The van der Waals surface area contributed by atoms with Gasteiger partial charge in [0.1, 0.15) is 0 Å². The Hall–Kier alpha value is -1.88. The molecule has 0 aliphatic rings. The summed E-state index contributed by atoms with van der Waals surface area (Å²) in [5.41, 5.74) is 0.869. The van der Waals surface area contributed by atoms with Crippen molar-refractivity contribution in [3.05, 3.63) is 53.0 Å². The van der Waals surface area contributed by atoms with Crippen LogP contribution in [0.1, 0.15) is 12.5 Å². The van der Waals surface area contributed by atoms with Crippen molar-refractivity contribution in [2.24, 2.45) is 0 Å². The number of benzene rings is 1. The molecular formula is C15H16BrNO3. The fourth-order valence-electron chi connectivity index (χ4n) is 1.32. The van der Waals surface area contributed by atoms with Gasteiger partial charge in [0.05, 0.1) is 0 Å². The highest BCUT2D eigenvalue weighted by atomic mass is 79.9. The lowest BCUT2D eigenvalue weighted by Crippen LogP contribution is -2.35. The SMILES string of the molecule is C=CCNC(=O)C(C)OC(=O)/C=C/c1ccc(Br)cc1. The molecule has 0 aromatic heterocycles. The Morgan fingerprint density at radius 3 is 2.65 bits per heavy atom. The lowest BCUT2D eigenvalue weighted by molar-refractivity contribution is -0.150. The van der Waals surface area contributed by atoms with E-state index in [-0.39, 0.29) is 5.91 Å². The largest absolute Gasteiger partial charge is 0.449 e. The van der Waals surface area contributed by atoms with Crippen LogP contribution in [-0.4, -0.2) is 24.5 Å². The molecule has 1 aromatic carbocycles. The molecule has 1 atom stereocenters. The molecule has 0 bridgehead atoms. The van der Waals surface area contributed by atoms with Gasteiger partial charge in [0.15, 0.2) is 6.10 Å². The van der Waals surface area contributed by atoms with Crippen LogP contribution in [0.2, 0.25) is 0 Å². The normalized spacial score (nSPS) is 11.9. The van der Waals surface area contributed by atoms with E-state index in [0.29, 0.717) is 6.54 Å². The van der Waals surface area contributed by atoms with Crippen molar-refractivity contribution in [3.8, 4) is 0 Å². The maximum absolute atomic E-state index is 11.6. The first-order chi connectivity index (χ1) is 9.52. The van der Waals surface area contributed by atoms with E-state index in [1.807, 2.05) is 24.3 Å². The summed E-state index contributed by atoms with van der Waals surface area (Å²) >= 11 is 3.33. The molecule has 1 amide bonds.